The molecule has 0 aliphatic rings. The lowest BCUT2D eigenvalue weighted by molar-refractivity contribution is -0.136. The molecule has 0 heterocycles. The minimum atomic E-state index is -0.896. The van der Waals surface area contributed by atoms with Crippen LogP contribution in [0.1, 0.15) is 16.7 Å². The van der Waals surface area contributed by atoms with Gasteiger partial charge in [-0.2, -0.15) is 5.10 Å². The first-order valence-corrected chi connectivity index (χ1v) is 8.38. The van der Waals surface area contributed by atoms with E-state index in [9.17, 15) is 14.7 Å². The number of carbonyl (C=O) groups is 2. The van der Waals surface area contributed by atoms with Crippen molar-refractivity contribution in [3.8, 4) is 5.75 Å². The molecule has 0 spiro atoms. The van der Waals surface area contributed by atoms with Crippen LogP contribution in [0.2, 0.25) is 0 Å². The smallest absolute Gasteiger partial charge is 0.329 e. The molecule has 0 atom stereocenters. The van der Waals surface area contributed by atoms with E-state index in [0.717, 1.165) is 21.9 Å². The van der Waals surface area contributed by atoms with E-state index in [-0.39, 0.29) is 5.75 Å². The number of fused-ring (bicyclic) bond motifs is 1. The van der Waals surface area contributed by atoms with E-state index >= 15 is 0 Å². The monoisotopic (exact) mass is 361 g/mol. The molecule has 0 unspecified atom stereocenters. The summed E-state index contributed by atoms with van der Waals surface area (Å²) in [6, 6.07) is 16.4. The largest absolute Gasteiger partial charge is 0.507 e. The molecule has 6 heteroatoms. The second-order valence-corrected chi connectivity index (χ2v) is 6.19. The first kappa shape index (κ1) is 18.1. The van der Waals surface area contributed by atoms with E-state index in [1.54, 1.807) is 18.2 Å². The fraction of sp³-hybridized carbons (Fsp3) is 0.0952. The Morgan fingerprint density at radius 3 is 2.59 bits per heavy atom. The van der Waals surface area contributed by atoms with Crippen molar-refractivity contribution in [3.63, 3.8) is 0 Å². The highest BCUT2D eigenvalue weighted by molar-refractivity contribution is 6.39. The van der Waals surface area contributed by atoms with E-state index in [0.29, 0.717) is 11.3 Å². The number of carbonyl (C=O) groups excluding carboxylic acids is 2. The number of benzene rings is 3. The molecule has 3 aromatic carbocycles. The lowest BCUT2D eigenvalue weighted by atomic mass is 10.0. The Labute approximate surface area is 156 Å². The predicted molar refractivity (Wildman–Crippen MR) is 106 cm³/mol. The minimum absolute atomic E-state index is 0.0338. The Morgan fingerprint density at radius 2 is 1.78 bits per heavy atom. The summed E-state index contributed by atoms with van der Waals surface area (Å²) in [7, 11) is 0. The van der Waals surface area contributed by atoms with Crippen molar-refractivity contribution >= 4 is 34.5 Å². The molecule has 3 aromatic rings. The van der Waals surface area contributed by atoms with E-state index in [1.165, 1.54) is 6.21 Å². The number of aromatic hydroxyl groups is 1. The Morgan fingerprint density at radius 1 is 1.00 bits per heavy atom. The molecule has 0 saturated carbocycles. The normalized spacial score (nSPS) is 10.9. The third-order valence-electron chi connectivity index (χ3n) is 4.15. The van der Waals surface area contributed by atoms with Crippen LogP contribution in [0.25, 0.3) is 10.8 Å². The van der Waals surface area contributed by atoms with Crippen molar-refractivity contribution in [1.82, 2.24) is 5.43 Å². The highest BCUT2D eigenvalue weighted by Gasteiger charge is 2.14. The van der Waals surface area contributed by atoms with Gasteiger partial charge in [0.05, 0.1) is 6.21 Å². The van der Waals surface area contributed by atoms with Gasteiger partial charge in [0, 0.05) is 11.3 Å². The fourth-order valence-electron chi connectivity index (χ4n) is 2.68. The van der Waals surface area contributed by atoms with E-state index in [4.69, 9.17) is 0 Å². The molecule has 0 aromatic heterocycles. The number of hydrogen-bond donors (Lipinski definition) is 3. The van der Waals surface area contributed by atoms with Gasteiger partial charge in [0.25, 0.3) is 0 Å². The molecular weight excluding hydrogens is 342 g/mol. The van der Waals surface area contributed by atoms with E-state index in [1.807, 2.05) is 50.2 Å². The van der Waals surface area contributed by atoms with Gasteiger partial charge in [-0.25, -0.2) is 5.43 Å². The van der Waals surface area contributed by atoms with Crippen molar-refractivity contribution in [2.24, 2.45) is 5.10 Å². The van der Waals surface area contributed by atoms with Gasteiger partial charge in [-0.05, 0) is 47.9 Å². The van der Waals surface area contributed by atoms with Crippen LogP contribution in [0.3, 0.4) is 0 Å². The van der Waals surface area contributed by atoms with Crippen molar-refractivity contribution in [3.05, 3.63) is 71.3 Å². The number of hydrogen-bond acceptors (Lipinski definition) is 4. The van der Waals surface area contributed by atoms with Crippen LogP contribution in [0.5, 0.6) is 5.75 Å². The van der Waals surface area contributed by atoms with Gasteiger partial charge < -0.3 is 10.4 Å². The van der Waals surface area contributed by atoms with Crippen LogP contribution in [-0.4, -0.2) is 23.1 Å². The van der Waals surface area contributed by atoms with Gasteiger partial charge >= 0.3 is 11.8 Å². The second-order valence-electron chi connectivity index (χ2n) is 6.19. The predicted octanol–water partition coefficient (Wildman–Crippen LogP) is 3.25. The number of nitrogens with zero attached hydrogens (tertiary/aromatic N) is 1. The van der Waals surface area contributed by atoms with Crippen LogP contribution in [0, 0.1) is 13.8 Å². The molecule has 6 nitrogen and oxygen atoms in total. The van der Waals surface area contributed by atoms with Crippen LogP contribution in [0.4, 0.5) is 5.69 Å². The number of aryl methyl sites for hydroxylation is 2. The topological polar surface area (TPSA) is 90.8 Å². The maximum Gasteiger partial charge on any atom is 0.329 e. The zero-order chi connectivity index (χ0) is 19.4. The van der Waals surface area contributed by atoms with Gasteiger partial charge in [0.1, 0.15) is 5.75 Å². The van der Waals surface area contributed by atoms with Gasteiger partial charge in [0.15, 0.2) is 0 Å². The van der Waals surface area contributed by atoms with Crippen molar-refractivity contribution in [1.29, 1.82) is 0 Å². The Kier molecular flexibility index (Phi) is 5.17. The van der Waals surface area contributed by atoms with Gasteiger partial charge in [0.2, 0.25) is 0 Å². The molecule has 3 rings (SSSR count). The van der Waals surface area contributed by atoms with E-state index in [2.05, 4.69) is 15.8 Å². The molecule has 136 valence electrons. The molecule has 0 radical (unpaired) electrons. The summed E-state index contributed by atoms with van der Waals surface area (Å²) in [6.07, 6.45) is 1.32. The quantitative estimate of drug-likeness (QED) is 0.380. The molecule has 2 amide bonds. The Bertz CT molecular complexity index is 1060. The standard InChI is InChI=1S/C21H19N3O3/c1-13-7-8-14(2)18(11-13)23-20(26)21(27)24-22-12-17-16-6-4-3-5-15(16)9-10-19(17)25/h3-12,25H,1-2H3,(H,23,26)(H,24,27)/b22-12+. The van der Waals surface area contributed by atoms with Crippen LogP contribution in [0.15, 0.2) is 59.7 Å². The number of phenolic OH excluding ortho intramolecular Hbond substituents is 1. The Hall–Kier alpha value is -3.67. The molecular formula is C21H19N3O3. The molecule has 0 aliphatic carbocycles. The SMILES string of the molecule is Cc1ccc(C)c(NC(=O)C(=O)N/N=C/c2c(O)ccc3ccccc23)c1. The highest BCUT2D eigenvalue weighted by Crippen LogP contribution is 2.25. The summed E-state index contributed by atoms with van der Waals surface area (Å²) in [4.78, 5) is 24.0. The van der Waals surface area contributed by atoms with Crippen molar-refractivity contribution in [2.75, 3.05) is 5.32 Å². The first-order valence-electron chi connectivity index (χ1n) is 8.38. The lowest BCUT2D eigenvalue weighted by Crippen LogP contribution is -2.32. The second kappa shape index (κ2) is 7.70. The number of anilines is 1. The summed E-state index contributed by atoms with van der Waals surface area (Å²) in [6.45, 7) is 3.74. The van der Waals surface area contributed by atoms with Gasteiger partial charge in [-0.15, -0.1) is 0 Å². The Balaban J connectivity index is 1.71. The average molecular weight is 361 g/mol. The third-order valence-corrected chi connectivity index (χ3v) is 4.15. The van der Waals surface area contributed by atoms with Crippen molar-refractivity contribution < 1.29 is 14.7 Å². The maximum atomic E-state index is 12.1. The summed E-state index contributed by atoms with van der Waals surface area (Å²) >= 11 is 0. The zero-order valence-corrected chi connectivity index (χ0v) is 15.0. The summed E-state index contributed by atoms with van der Waals surface area (Å²) in [5.41, 5.74) is 5.05. The number of nitrogens with one attached hydrogen (secondary N) is 2. The first-order chi connectivity index (χ1) is 13.0. The number of phenols is 1. The molecule has 0 aliphatic heterocycles. The number of rotatable bonds is 3. The molecule has 27 heavy (non-hydrogen) atoms. The molecule has 0 saturated heterocycles. The highest BCUT2D eigenvalue weighted by atomic mass is 16.3. The lowest BCUT2D eigenvalue weighted by Gasteiger charge is -2.08. The third kappa shape index (κ3) is 4.12. The van der Waals surface area contributed by atoms with E-state index < -0.39 is 11.8 Å². The molecule has 3 N–H and O–H groups in total. The van der Waals surface area contributed by atoms with Gasteiger partial charge in [-0.1, -0.05) is 42.5 Å². The van der Waals surface area contributed by atoms with Crippen LogP contribution in [-0.2, 0) is 9.59 Å². The fourth-order valence-corrected chi connectivity index (χ4v) is 2.68. The number of hydrazone groups is 1. The summed E-state index contributed by atoms with van der Waals surface area (Å²) < 4.78 is 0. The van der Waals surface area contributed by atoms with Crippen molar-refractivity contribution in [2.45, 2.75) is 13.8 Å². The van der Waals surface area contributed by atoms with Crippen LogP contribution >= 0.6 is 0 Å². The molecule has 0 bridgehead atoms. The summed E-state index contributed by atoms with van der Waals surface area (Å²) in [5, 5.41) is 18.1. The number of amides is 2. The maximum absolute atomic E-state index is 12.1. The van der Waals surface area contributed by atoms with Gasteiger partial charge in [-0.3, -0.25) is 9.59 Å². The van der Waals surface area contributed by atoms with Crippen LogP contribution < -0.4 is 10.7 Å². The average Bonchev–Trinajstić information content (AvgIpc) is 2.66. The summed E-state index contributed by atoms with van der Waals surface area (Å²) in [5.74, 6) is -1.68. The molecule has 0 fully saturated rings. The minimum Gasteiger partial charge on any atom is -0.507 e. The zero-order valence-electron chi connectivity index (χ0n) is 15.0.